The normalized spacial score (nSPS) is 10.7. The van der Waals surface area contributed by atoms with Gasteiger partial charge in [0.15, 0.2) is 0 Å². The third-order valence-electron chi connectivity index (χ3n) is 3.50. The Morgan fingerprint density at radius 1 is 1.08 bits per heavy atom. The summed E-state index contributed by atoms with van der Waals surface area (Å²) in [5.74, 6) is -0.0191. The highest BCUT2D eigenvalue weighted by Crippen LogP contribution is 2.34. The van der Waals surface area contributed by atoms with Crippen LogP contribution < -0.4 is 0 Å². The van der Waals surface area contributed by atoms with Crippen molar-refractivity contribution in [3.8, 4) is 21.8 Å². The quantitative estimate of drug-likeness (QED) is 0.605. The van der Waals surface area contributed by atoms with Crippen LogP contribution in [0, 0.1) is 0 Å². The van der Waals surface area contributed by atoms with Crippen molar-refractivity contribution in [1.29, 1.82) is 0 Å². The summed E-state index contributed by atoms with van der Waals surface area (Å²) in [5, 5.41) is 4.01. The molecule has 0 aliphatic heterocycles. The van der Waals surface area contributed by atoms with Crippen LogP contribution in [0.5, 0.6) is 0 Å². The predicted molar refractivity (Wildman–Crippen MR) is 101 cm³/mol. The van der Waals surface area contributed by atoms with Gasteiger partial charge in [-0.3, -0.25) is 4.79 Å². The molecule has 1 aromatic heterocycles. The van der Waals surface area contributed by atoms with Crippen molar-refractivity contribution in [2.75, 3.05) is 14.1 Å². The molecule has 0 unspecified atom stereocenters. The maximum atomic E-state index is 11.9. The molecule has 3 nitrogen and oxygen atoms in total. The average molecular weight is 377 g/mol. The van der Waals surface area contributed by atoms with E-state index in [0.29, 0.717) is 15.6 Å². The Hall–Kier alpha value is -1.88. The Balaban J connectivity index is 1.89. The zero-order valence-corrected chi connectivity index (χ0v) is 15.4. The van der Waals surface area contributed by atoms with Crippen LogP contribution in [0.4, 0.5) is 0 Å². The van der Waals surface area contributed by atoms with E-state index in [1.807, 2.05) is 35.7 Å². The molecule has 0 bridgehead atoms. The fraction of sp³-hybridized carbons (Fsp3) is 0.111. The lowest BCUT2D eigenvalue weighted by Crippen LogP contribution is -2.21. The molecule has 0 spiro atoms. The molecular formula is C18H14Cl2N2OS. The Kier molecular flexibility index (Phi) is 4.90. The molecule has 122 valence electrons. The Morgan fingerprint density at radius 2 is 1.79 bits per heavy atom. The zero-order valence-electron chi connectivity index (χ0n) is 13.1. The standard InChI is InChI=1S/C18H14Cl2N2OS/c1-22(2)18(23)12-5-3-11(4-6-12)17-21-16(10-24-17)14-8-7-13(19)9-15(14)20/h3-10H,1-2H3. The van der Waals surface area contributed by atoms with Crippen LogP contribution >= 0.6 is 34.5 Å². The van der Waals surface area contributed by atoms with Crippen LogP contribution in [0.1, 0.15) is 10.4 Å². The first-order valence-corrected chi connectivity index (χ1v) is 8.82. The smallest absolute Gasteiger partial charge is 0.253 e. The molecule has 0 saturated carbocycles. The second-order valence-electron chi connectivity index (χ2n) is 5.44. The molecule has 0 radical (unpaired) electrons. The third-order valence-corrected chi connectivity index (χ3v) is 4.94. The van der Waals surface area contributed by atoms with Crippen LogP contribution in [-0.2, 0) is 0 Å². The number of rotatable bonds is 3. The highest BCUT2D eigenvalue weighted by atomic mass is 35.5. The topological polar surface area (TPSA) is 33.2 Å². The molecule has 1 amide bonds. The van der Waals surface area contributed by atoms with E-state index in [4.69, 9.17) is 23.2 Å². The average Bonchev–Trinajstić information content (AvgIpc) is 3.04. The van der Waals surface area contributed by atoms with Gasteiger partial charge in [0.2, 0.25) is 0 Å². The molecule has 0 aliphatic rings. The van der Waals surface area contributed by atoms with Crippen LogP contribution in [0.25, 0.3) is 21.8 Å². The molecule has 2 aromatic carbocycles. The summed E-state index contributed by atoms with van der Waals surface area (Å²) < 4.78 is 0. The number of thiazole rings is 1. The van der Waals surface area contributed by atoms with Crippen LogP contribution in [0.15, 0.2) is 47.8 Å². The number of amides is 1. The molecule has 3 rings (SSSR count). The summed E-state index contributed by atoms with van der Waals surface area (Å²) in [5.41, 5.74) is 3.28. The summed E-state index contributed by atoms with van der Waals surface area (Å²) in [4.78, 5) is 18.1. The van der Waals surface area contributed by atoms with Crippen LogP contribution in [-0.4, -0.2) is 29.9 Å². The largest absolute Gasteiger partial charge is 0.345 e. The van der Waals surface area contributed by atoms with Crippen molar-refractivity contribution in [1.82, 2.24) is 9.88 Å². The number of hydrogen-bond donors (Lipinski definition) is 0. The van der Waals surface area contributed by atoms with Gasteiger partial charge in [-0.05, 0) is 30.3 Å². The van der Waals surface area contributed by atoms with Crippen molar-refractivity contribution >= 4 is 40.4 Å². The lowest BCUT2D eigenvalue weighted by Gasteiger charge is -2.10. The van der Waals surface area contributed by atoms with Gasteiger partial charge in [-0.2, -0.15) is 0 Å². The summed E-state index contributed by atoms with van der Waals surface area (Å²) in [6.45, 7) is 0. The molecule has 3 aromatic rings. The molecule has 1 heterocycles. The maximum absolute atomic E-state index is 11.9. The predicted octanol–water partition coefficient (Wildman–Crippen LogP) is 5.49. The van der Waals surface area contributed by atoms with Gasteiger partial charge in [0.25, 0.3) is 5.91 Å². The van der Waals surface area contributed by atoms with Crippen molar-refractivity contribution in [3.63, 3.8) is 0 Å². The van der Waals surface area contributed by atoms with Crippen molar-refractivity contribution in [3.05, 3.63) is 63.5 Å². The lowest BCUT2D eigenvalue weighted by atomic mass is 10.1. The minimum atomic E-state index is -0.0191. The molecule has 6 heteroatoms. The molecule has 24 heavy (non-hydrogen) atoms. The third kappa shape index (κ3) is 3.46. The van der Waals surface area contributed by atoms with E-state index in [2.05, 4.69) is 4.98 Å². The van der Waals surface area contributed by atoms with E-state index < -0.39 is 0 Å². The molecule has 0 aliphatic carbocycles. The number of carbonyl (C=O) groups excluding carboxylic acids is 1. The van der Waals surface area contributed by atoms with Crippen LogP contribution in [0.2, 0.25) is 10.0 Å². The molecular weight excluding hydrogens is 363 g/mol. The lowest BCUT2D eigenvalue weighted by molar-refractivity contribution is 0.0827. The maximum Gasteiger partial charge on any atom is 0.253 e. The van der Waals surface area contributed by atoms with Gasteiger partial charge in [0.1, 0.15) is 5.01 Å². The van der Waals surface area contributed by atoms with E-state index in [1.165, 1.54) is 11.3 Å². The number of carbonyl (C=O) groups is 1. The van der Waals surface area contributed by atoms with E-state index in [-0.39, 0.29) is 5.91 Å². The molecule has 0 N–H and O–H groups in total. The molecule has 0 saturated heterocycles. The fourth-order valence-electron chi connectivity index (χ4n) is 2.24. The summed E-state index contributed by atoms with van der Waals surface area (Å²) in [6, 6.07) is 12.8. The molecule has 0 atom stereocenters. The van der Waals surface area contributed by atoms with Gasteiger partial charge in [-0.15, -0.1) is 11.3 Å². The van der Waals surface area contributed by atoms with Crippen molar-refractivity contribution < 1.29 is 4.79 Å². The van der Waals surface area contributed by atoms with Gasteiger partial charge in [-0.1, -0.05) is 35.3 Å². The monoisotopic (exact) mass is 376 g/mol. The Morgan fingerprint density at radius 3 is 2.42 bits per heavy atom. The van der Waals surface area contributed by atoms with Gasteiger partial charge >= 0.3 is 0 Å². The van der Waals surface area contributed by atoms with Gasteiger partial charge in [0, 0.05) is 41.2 Å². The van der Waals surface area contributed by atoms with Gasteiger partial charge in [0.05, 0.1) is 10.7 Å². The fourth-order valence-corrected chi connectivity index (χ4v) is 3.57. The molecule has 0 fully saturated rings. The SMILES string of the molecule is CN(C)C(=O)c1ccc(-c2nc(-c3ccc(Cl)cc3Cl)cs2)cc1. The highest BCUT2D eigenvalue weighted by Gasteiger charge is 2.12. The summed E-state index contributed by atoms with van der Waals surface area (Å²) in [7, 11) is 3.47. The van der Waals surface area contributed by atoms with Gasteiger partial charge in [-0.25, -0.2) is 4.98 Å². The van der Waals surface area contributed by atoms with Crippen LogP contribution in [0.3, 0.4) is 0 Å². The second-order valence-corrected chi connectivity index (χ2v) is 7.14. The highest BCUT2D eigenvalue weighted by molar-refractivity contribution is 7.13. The number of aromatic nitrogens is 1. The van der Waals surface area contributed by atoms with E-state index in [9.17, 15) is 4.79 Å². The van der Waals surface area contributed by atoms with E-state index in [1.54, 1.807) is 31.1 Å². The number of hydrogen-bond acceptors (Lipinski definition) is 3. The Labute approximate surface area is 154 Å². The van der Waals surface area contributed by atoms with Crippen molar-refractivity contribution in [2.24, 2.45) is 0 Å². The van der Waals surface area contributed by atoms with Crippen molar-refractivity contribution in [2.45, 2.75) is 0 Å². The summed E-state index contributed by atoms with van der Waals surface area (Å²) >= 11 is 13.7. The van der Waals surface area contributed by atoms with Gasteiger partial charge < -0.3 is 4.90 Å². The minimum absolute atomic E-state index is 0.0191. The number of benzene rings is 2. The van der Waals surface area contributed by atoms with E-state index in [0.717, 1.165) is 21.8 Å². The summed E-state index contributed by atoms with van der Waals surface area (Å²) in [6.07, 6.45) is 0. The van der Waals surface area contributed by atoms with E-state index >= 15 is 0 Å². The number of nitrogens with zero attached hydrogens (tertiary/aromatic N) is 2. The number of halogens is 2. The zero-order chi connectivity index (χ0) is 17.3. The Bertz CT molecular complexity index is 888. The first-order chi connectivity index (χ1) is 11.5. The minimum Gasteiger partial charge on any atom is -0.345 e. The first kappa shape index (κ1) is 17.0. The second kappa shape index (κ2) is 6.93. The first-order valence-electron chi connectivity index (χ1n) is 7.19.